The second-order valence-electron chi connectivity index (χ2n) is 4.40. The van der Waals surface area contributed by atoms with E-state index < -0.39 is 0 Å². The lowest BCUT2D eigenvalue weighted by Gasteiger charge is -2.04. The number of hydrogen-bond acceptors (Lipinski definition) is 1. The first kappa shape index (κ1) is 14.5. The van der Waals surface area contributed by atoms with E-state index in [-0.39, 0.29) is 0 Å². The van der Waals surface area contributed by atoms with Crippen molar-refractivity contribution in [2.75, 3.05) is 13.1 Å². The van der Waals surface area contributed by atoms with Crippen LogP contribution in [0.2, 0.25) is 0 Å². The molecule has 0 unspecified atom stereocenters. The van der Waals surface area contributed by atoms with Crippen LogP contribution in [0, 0.1) is 0 Å². The molecule has 0 aliphatic rings. The first-order chi connectivity index (χ1) is 8.22. The van der Waals surface area contributed by atoms with Crippen LogP contribution >= 0.6 is 15.9 Å². The Morgan fingerprint density at radius 3 is 2.88 bits per heavy atom. The highest BCUT2D eigenvalue weighted by molar-refractivity contribution is 9.10. The van der Waals surface area contributed by atoms with Gasteiger partial charge in [0, 0.05) is 4.47 Å². The molecule has 0 radical (unpaired) electrons. The third-order valence-corrected chi connectivity index (χ3v) is 3.11. The summed E-state index contributed by atoms with van der Waals surface area (Å²) in [6.45, 7) is 6.62. The number of hydrogen-bond donors (Lipinski definition) is 1. The van der Waals surface area contributed by atoms with Crippen LogP contribution in [0.3, 0.4) is 0 Å². The van der Waals surface area contributed by atoms with Gasteiger partial charge in [-0.25, -0.2) is 0 Å². The van der Waals surface area contributed by atoms with Crippen molar-refractivity contribution >= 4 is 15.9 Å². The van der Waals surface area contributed by atoms with Gasteiger partial charge in [0.15, 0.2) is 0 Å². The summed E-state index contributed by atoms with van der Waals surface area (Å²) in [5.74, 6) is 0. The van der Waals surface area contributed by atoms with E-state index in [1.165, 1.54) is 17.6 Å². The number of nitrogens with one attached hydrogen (secondary N) is 1. The van der Waals surface area contributed by atoms with Crippen molar-refractivity contribution in [3.63, 3.8) is 0 Å². The number of benzene rings is 1. The van der Waals surface area contributed by atoms with Crippen molar-refractivity contribution in [1.82, 2.24) is 5.32 Å². The first-order valence-electron chi connectivity index (χ1n) is 6.33. The van der Waals surface area contributed by atoms with Crippen molar-refractivity contribution < 1.29 is 0 Å². The summed E-state index contributed by atoms with van der Waals surface area (Å²) in [7, 11) is 0. The molecule has 17 heavy (non-hydrogen) atoms. The van der Waals surface area contributed by atoms with Gasteiger partial charge >= 0.3 is 0 Å². The Kier molecular flexibility index (Phi) is 7.22. The van der Waals surface area contributed by atoms with Crippen molar-refractivity contribution in [1.29, 1.82) is 0 Å². The second kappa shape index (κ2) is 8.48. The highest BCUT2D eigenvalue weighted by Crippen LogP contribution is 2.14. The minimum Gasteiger partial charge on any atom is -0.316 e. The Hall–Kier alpha value is -0.600. The van der Waals surface area contributed by atoms with Crippen LogP contribution in [0.25, 0.3) is 0 Å². The fourth-order valence-corrected chi connectivity index (χ4v) is 2.21. The van der Waals surface area contributed by atoms with E-state index >= 15 is 0 Å². The van der Waals surface area contributed by atoms with Crippen molar-refractivity contribution in [2.45, 2.75) is 33.1 Å². The molecule has 0 atom stereocenters. The standard InChI is InChI=1S/C15H22BrN/c1-3-9-17-10-5-6-13(2)11-14-7-4-8-15(16)12-14/h4,6-8,12,17H,3,5,9-11H2,1-2H3. The summed E-state index contributed by atoms with van der Waals surface area (Å²) in [6.07, 6.45) is 5.72. The summed E-state index contributed by atoms with van der Waals surface area (Å²) in [4.78, 5) is 0. The lowest BCUT2D eigenvalue weighted by molar-refractivity contribution is 0.677. The zero-order chi connectivity index (χ0) is 12.5. The van der Waals surface area contributed by atoms with Crippen LogP contribution in [-0.4, -0.2) is 13.1 Å². The molecule has 1 nitrogen and oxygen atoms in total. The highest BCUT2D eigenvalue weighted by atomic mass is 79.9. The Labute approximate surface area is 113 Å². The highest BCUT2D eigenvalue weighted by Gasteiger charge is 1.95. The monoisotopic (exact) mass is 295 g/mol. The molecule has 0 fully saturated rings. The largest absolute Gasteiger partial charge is 0.316 e. The van der Waals surface area contributed by atoms with E-state index in [1.807, 2.05) is 0 Å². The summed E-state index contributed by atoms with van der Waals surface area (Å²) in [5, 5.41) is 3.41. The van der Waals surface area contributed by atoms with E-state index in [1.54, 1.807) is 0 Å². The lowest BCUT2D eigenvalue weighted by atomic mass is 10.1. The van der Waals surface area contributed by atoms with E-state index in [9.17, 15) is 0 Å². The zero-order valence-electron chi connectivity index (χ0n) is 10.8. The predicted octanol–water partition coefficient (Wildman–Crippen LogP) is 4.33. The van der Waals surface area contributed by atoms with Crippen LogP contribution in [-0.2, 0) is 6.42 Å². The molecule has 0 spiro atoms. The summed E-state index contributed by atoms with van der Waals surface area (Å²) >= 11 is 3.50. The van der Waals surface area contributed by atoms with Gasteiger partial charge in [-0.15, -0.1) is 0 Å². The number of halogens is 1. The average molecular weight is 296 g/mol. The van der Waals surface area contributed by atoms with E-state index in [0.29, 0.717) is 0 Å². The summed E-state index contributed by atoms with van der Waals surface area (Å²) in [5.41, 5.74) is 2.82. The molecule has 0 saturated heterocycles. The van der Waals surface area contributed by atoms with Crippen LogP contribution in [0.5, 0.6) is 0 Å². The molecule has 1 aromatic rings. The molecule has 1 aromatic carbocycles. The fourth-order valence-electron chi connectivity index (χ4n) is 1.76. The Bertz CT molecular complexity index is 358. The lowest BCUT2D eigenvalue weighted by Crippen LogP contribution is -2.15. The average Bonchev–Trinajstić information content (AvgIpc) is 2.29. The SMILES string of the molecule is CCCNCCC=C(C)Cc1cccc(Br)c1. The number of allylic oxidation sites excluding steroid dienone is 1. The zero-order valence-corrected chi connectivity index (χ0v) is 12.4. The number of rotatable bonds is 7. The normalized spacial score (nSPS) is 11.8. The molecule has 0 aliphatic heterocycles. The van der Waals surface area contributed by atoms with Crippen LogP contribution in [0.1, 0.15) is 32.3 Å². The minimum absolute atomic E-state index is 1.05. The van der Waals surface area contributed by atoms with Crippen LogP contribution in [0.4, 0.5) is 0 Å². The molecule has 94 valence electrons. The summed E-state index contributed by atoms with van der Waals surface area (Å²) in [6, 6.07) is 8.52. The van der Waals surface area contributed by atoms with Gasteiger partial charge in [-0.3, -0.25) is 0 Å². The Morgan fingerprint density at radius 1 is 1.35 bits per heavy atom. The van der Waals surface area contributed by atoms with E-state index in [2.05, 4.69) is 65.4 Å². The molecule has 1 rings (SSSR count). The van der Waals surface area contributed by atoms with Gasteiger partial charge in [0.05, 0.1) is 0 Å². The maximum Gasteiger partial charge on any atom is 0.0178 e. The van der Waals surface area contributed by atoms with Gasteiger partial charge in [0.25, 0.3) is 0 Å². The van der Waals surface area contributed by atoms with Gasteiger partial charge in [-0.05, 0) is 57.0 Å². The maximum atomic E-state index is 3.50. The summed E-state index contributed by atoms with van der Waals surface area (Å²) < 4.78 is 1.16. The minimum atomic E-state index is 1.05. The fraction of sp³-hybridized carbons (Fsp3) is 0.467. The third-order valence-electron chi connectivity index (χ3n) is 2.61. The van der Waals surface area contributed by atoms with Gasteiger partial charge in [0.2, 0.25) is 0 Å². The van der Waals surface area contributed by atoms with E-state index in [0.717, 1.165) is 30.4 Å². The second-order valence-corrected chi connectivity index (χ2v) is 5.31. The van der Waals surface area contributed by atoms with Crippen molar-refractivity contribution in [3.8, 4) is 0 Å². The molecular formula is C15H22BrN. The quantitative estimate of drug-likeness (QED) is 0.583. The molecule has 0 aliphatic carbocycles. The van der Waals surface area contributed by atoms with Gasteiger partial charge in [-0.1, -0.05) is 46.6 Å². The van der Waals surface area contributed by atoms with Gasteiger partial charge in [-0.2, -0.15) is 0 Å². The molecule has 0 amide bonds. The van der Waals surface area contributed by atoms with Crippen molar-refractivity contribution in [2.24, 2.45) is 0 Å². The van der Waals surface area contributed by atoms with Crippen LogP contribution in [0.15, 0.2) is 40.4 Å². The third kappa shape index (κ3) is 6.64. The predicted molar refractivity (Wildman–Crippen MR) is 79.4 cm³/mol. The van der Waals surface area contributed by atoms with Crippen LogP contribution < -0.4 is 5.32 Å². The molecule has 0 bridgehead atoms. The molecule has 1 N–H and O–H groups in total. The van der Waals surface area contributed by atoms with Gasteiger partial charge in [0.1, 0.15) is 0 Å². The maximum absolute atomic E-state index is 3.50. The molecule has 0 aromatic heterocycles. The topological polar surface area (TPSA) is 12.0 Å². The Morgan fingerprint density at radius 2 is 2.18 bits per heavy atom. The first-order valence-corrected chi connectivity index (χ1v) is 7.12. The Balaban J connectivity index is 2.33. The van der Waals surface area contributed by atoms with E-state index in [4.69, 9.17) is 0 Å². The molecule has 0 saturated carbocycles. The smallest absolute Gasteiger partial charge is 0.0178 e. The van der Waals surface area contributed by atoms with Crippen molar-refractivity contribution in [3.05, 3.63) is 46.0 Å². The molecular weight excluding hydrogens is 274 g/mol. The molecule has 2 heteroatoms. The van der Waals surface area contributed by atoms with Gasteiger partial charge < -0.3 is 5.32 Å². The molecule has 0 heterocycles.